The van der Waals surface area contributed by atoms with Crippen molar-refractivity contribution >= 4 is 5.78 Å². The fourth-order valence-electron chi connectivity index (χ4n) is 1.39. The molecule has 0 saturated heterocycles. The summed E-state index contributed by atoms with van der Waals surface area (Å²) in [7, 11) is 1.82. The van der Waals surface area contributed by atoms with Crippen LogP contribution in [0.2, 0.25) is 0 Å². The maximum atomic E-state index is 11.6. The fourth-order valence-corrected chi connectivity index (χ4v) is 1.39. The summed E-state index contributed by atoms with van der Waals surface area (Å²) in [5.41, 5.74) is 0.713. The molecule has 76 valence electrons. The van der Waals surface area contributed by atoms with Gasteiger partial charge in [-0.15, -0.1) is 0 Å². The van der Waals surface area contributed by atoms with Crippen LogP contribution >= 0.6 is 0 Å². The van der Waals surface area contributed by atoms with E-state index in [0.29, 0.717) is 18.0 Å². The summed E-state index contributed by atoms with van der Waals surface area (Å²) in [5, 5.41) is 7.28. The van der Waals surface area contributed by atoms with Gasteiger partial charge in [-0.05, 0) is 12.8 Å². The molecule has 1 N–H and O–H groups in total. The van der Waals surface area contributed by atoms with Crippen molar-refractivity contribution in [1.29, 1.82) is 0 Å². The Balaban J connectivity index is 1.76. The summed E-state index contributed by atoms with van der Waals surface area (Å²) >= 11 is 0. The van der Waals surface area contributed by atoms with Gasteiger partial charge in [-0.1, -0.05) is 0 Å². The Bertz CT molecular complexity index is 328. The van der Waals surface area contributed by atoms with Gasteiger partial charge in [0.15, 0.2) is 5.78 Å². The quantitative estimate of drug-likeness (QED) is 0.702. The number of hydrogen-bond acceptors (Lipinski definition) is 3. The first kappa shape index (κ1) is 9.40. The number of rotatable bonds is 5. The Hall–Kier alpha value is -1.16. The second kappa shape index (κ2) is 3.92. The first-order valence-corrected chi connectivity index (χ1v) is 5.01. The van der Waals surface area contributed by atoms with Crippen molar-refractivity contribution in [2.75, 3.05) is 6.54 Å². The molecular weight excluding hydrogens is 178 g/mol. The molecular formula is C10H15N3O. The normalized spacial score (nSPS) is 15.8. The van der Waals surface area contributed by atoms with Crippen molar-refractivity contribution in [3.05, 3.63) is 18.0 Å². The van der Waals surface area contributed by atoms with Crippen molar-refractivity contribution in [2.45, 2.75) is 25.3 Å². The van der Waals surface area contributed by atoms with Crippen molar-refractivity contribution in [2.24, 2.45) is 7.05 Å². The smallest absolute Gasteiger partial charge is 0.167 e. The highest BCUT2D eigenvalue weighted by atomic mass is 16.1. The number of Topliss-reactive ketones (excluding diaryl/α,β-unsaturated/α-hetero) is 1. The van der Waals surface area contributed by atoms with Crippen molar-refractivity contribution in [3.63, 3.8) is 0 Å². The molecule has 0 atom stereocenters. The lowest BCUT2D eigenvalue weighted by Crippen LogP contribution is -2.20. The van der Waals surface area contributed by atoms with Crippen LogP contribution in [0.5, 0.6) is 0 Å². The first-order chi connectivity index (χ1) is 6.75. The van der Waals surface area contributed by atoms with Crippen LogP contribution in [0.3, 0.4) is 0 Å². The summed E-state index contributed by atoms with van der Waals surface area (Å²) in [6.45, 7) is 0.790. The summed E-state index contributed by atoms with van der Waals surface area (Å²) in [4.78, 5) is 11.6. The number of carbonyl (C=O) groups is 1. The monoisotopic (exact) mass is 193 g/mol. The zero-order valence-corrected chi connectivity index (χ0v) is 8.36. The maximum Gasteiger partial charge on any atom is 0.167 e. The van der Waals surface area contributed by atoms with Crippen molar-refractivity contribution < 1.29 is 4.79 Å². The van der Waals surface area contributed by atoms with Crippen LogP contribution < -0.4 is 5.32 Å². The highest BCUT2D eigenvalue weighted by molar-refractivity contribution is 5.95. The van der Waals surface area contributed by atoms with E-state index in [1.807, 2.05) is 7.05 Å². The van der Waals surface area contributed by atoms with Crippen LogP contribution in [0, 0.1) is 0 Å². The van der Waals surface area contributed by atoms with Crippen LogP contribution in [0.25, 0.3) is 0 Å². The van der Waals surface area contributed by atoms with E-state index in [0.717, 1.165) is 6.54 Å². The molecule has 0 amide bonds. The molecule has 4 heteroatoms. The number of carbonyl (C=O) groups excluding carboxylic acids is 1. The zero-order valence-electron chi connectivity index (χ0n) is 8.36. The van der Waals surface area contributed by atoms with Crippen molar-refractivity contribution in [3.8, 4) is 0 Å². The van der Waals surface area contributed by atoms with E-state index in [9.17, 15) is 4.79 Å². The number of aryl methyl sites for hydroxylation is 1. The summed E-state index contributed by atoms with van der Waals surface area (Å²) in [6.07, 6.45) is 6.49. The molecule has 2 rings (SSSR count). The van der Waals surface area contributed by atoms with Gasteiger partial charge in [0.1, 0.15) is 0 Å². The number of nitrogens with zero attached hydrogens (tertiary/aromatic N) is 2. The number of ketones is 1. The average Bonchev–Trinajstić information content (AvgIpc) is 2.87. The fraction of sp³-hybridized carbons (Fsp3) is 0.600. The van der Waals surface area contributed by atoms with E-state index < -0.39 is 0 Å². The first-order valence-electron chi connectivity index (χ1n) is 5.01. The van der Waals surface area contributed by atoms with E-state index in [-0.39, 0.29) is 5.78 Å². The lowest BCUT2D eigenvalue weighted by Gasteiger charge is -1.99. The Morgan fingerprint density at radius 2 is 2.50 bits per heavy atom. The molecule has 0 aromatic carbocycles. The van der Waals surface area contributed by atoms with Gasteiger partial charge in [-0.2, -0.15) is 5.10 Å². The molecule has 0 radical (unpaired) electrons. The van der Waals surface area contributed by atoms with Gasteiger partial charge in [-0.25, -0.2) is 0 Å². The summed E-state index contributed by atoms with van der Waals surface area (Å²) in [5.74, 6) is 0.172. The molecule has 14 heavy (non-hydrogen) atoms. The topological polar surface area (TPSA) is 46.9 Å². The number of hydrogen-bond donors (Lipinski definition) is 1. The van der Waals surface area contributed by atoms with Crippen LogP contribution in [-0.4, -0.2) is 28.2 Å². The van der Waals surface area contributed by atoms with E-state index in [1.165, 1.54) is 12.8 Å². The second-order valence-electron chi connectivity index (χ2n) is 3.80. The lowest BCUT2D eigenvalue weighted by atomic mass is 10.2. The molecule has 1 saturated carbocycles. The van der Waals surface area contributed by atoms with Crippen LogP contribution in [-0.2, 0) is 7.05 Å². The largest absolute Gasteiger partial charge is 0.314 e. The Morgan fingerprint density at radius 1 is 1.71 bits per heavy atom. The van der Waals surface area contributed by atoms with Gasteiger partial charge >= 0.3 is 0 Å². The minimum atomic E-state index is 0.172. The van der Waals surface area contributed by atoms with E-state index >= 15 is 0 Å². The number of nitrogens with one attached hydrogen (secondary N) is 1. The minimum absolute atomic E-state index is 0.172. The standard InChI is InChI=1S/C10H15N3O/c1-13-7-8(6-12-13)10(14)4-5-11-9-2-3-9/h6-7,9,11H,2-5H2,1H3. The molecule has 4 nitrogen and oxygen atoms in total. The predicted octanol–water partition coefficient (Wildman–Crippen LogP) is 0.745. The van der Waals surface area contributed by atoms with Crippen molar-refractivity contribution in [1.82, 2.24) is 15.1 Å². The molecule has 1 fully saturated rings. The molecule has 0 spiro atoms. The second-order valence-corrected chi connectivity index (χ2v) is 3.80. The molecule has 1 aromatic rings. The maximum absolute atomic E-state index is 11.6. The molecule has 0 aliphatic heterocycles. The van der Waals surface area contributed by atoms with Crippen LogP contribution in [0.15, 0.2) is 12.4 Å². The molecule has 0 unspecified atom stereocenters. The van der Waals surface area contributed by atoms with E-state index in [4.69, 9.17) is 0 Å². The van der Waals surface area contributed by atoms with Crippen LogP contribution in [0.1, 0.15) is 29.6 Å². The van der Waals surface area contributed by atoms with Gasteiger partial charge in [-0.3, -0.25) is 9.48 Å². The third kappa shape index (κ3) is 2.42. The van der Waals surface area contributed by atoms with Crippen LogP contribution in [0.4, 0.5) is 0 Å². The van der Waals surface area contributed by atoms with Gasteiger partial charge in [0.05, 0.1) is 11.8 Å². The minimum Gasteiger partial charge on any atom is -0.314 e. The van der Waals surface area contributed by atoms with Gasteiger partial charge in [0.2, 0.25) is 0 Å². The predicted molar refractivity (Wildman–Crippen MR) is 53.2 cm³/mol. The third-order valence-electron chi connectivity index (χ3n) is 2.39. The van der Waals surface area contributed by atoms with E-state index in [2.05, 4.69) is 10.4 Å². The molecule has 1 heterocycles. The Kier molecular flexibility index (Phi) is 2.63. The zero-order chi connectivity index (χ0) is 9.97. The molecule has 0 bridgehead atoms. The molecule has 1 aromatic heterocycles. The van der Waals surface area contributed by atoms with E-state index in [1.54, 1.807) is 17.1 Å². The summed E-state index contributed by atoms with van der Waals surface area (Å²) < 4.78 is 1.65. The SMILES string of the molecule is Cn1cc(C(=O)CCNC2CC2)cn1. The third-order valence-corrected chi connectivity index (χ3v) is 2.39. The highest BCUT2D eigenvalue weighted by Crippen LogP contribution is 2.18. The van der Waals surface area contributed by atoms with Gasteiger partial charge in [0.25, 0.3) is 0 Å². The highest BCUT2D eigenvalue weighted by Gasteiger charge is 2.20. The summed E-state index contributed by atoms with van der Waals surface area (Å²) in [6, 6.07) is 0.677. The lowest BCUT2D eigenvalue weighted by molar-refractivity contribution is 0.0982. The molecule has 1 aliphatic carbocycles. The van der Waals surface area contributed by atoms with Gasteiger partial charge < -0.3 is 5.32 Å². The average molecular weight is 193 g/mol. The Labute approximate surface area is 83.3 Å². The Morgan fingerprint density at radius 3 is 3.07 bits per heavy atom. The molecule has 1 aliphatic rings. The van der Waals surface area contributed by atoms with Gasteiger partial charge in [0, 0.05) is 32.3 Å². The number of aromatic nitrogens is 2.